The number of aryl methyl sites for hydroxylation is 2. The minimum absolute atomic E-state index is 0.0217. The fraction of sp³-hybridized carbons (Fsp3) is 0.333. The van der Waals surface area contributed by atoms with Crippen molar-refractivity contribution < 1.29 is 14.6 Å². The molecule has 2 heterocycles. The third-order valence-electron chi connectivity index (χ3n) is 7.99. The van der Waals surface area contributed by atoms with E-state index in [9.17, 15) is 14.7 Å². The van der Waals surface area contributed by atoms with Gasteiger partial charge in [-0.05, 0) is 56.0 Å². The lowest BCUT2D eigenvalue weighted by Crippen LogP contribution is -2.41. The van der Waals surface area contributed by atoms with Crippen LogP contribution in [0.4, 0.5) is 5.69 Å². The van der Waals surface area contributed by atoms with Gasteiger partial charge in [0.1, 0.15) is 5.56 Å². The van der Waals surface area contributed by atoms with Crippen molar-refractivity contribution in [2.45, 2.75) is 58.2 Å². The number of methoxy groups -OCH3 is 1. The summed E-state index contributed by atoms with van der Waals surface area (Å²) in [6, 6.07) is 16.8. The fourth-order valence-corrected chi connectivity index (χ4v) is 5.95. The number of nitrogens with one attached hydrogen (secondary N) is 2. The summed E-state index contributed by atoms with van der Waals surface area (Å²) >= 11 is 7.01. The van der Waals surface area contributed by atoms with Gasteiger partial charge < -0.3 is 20.5 Å². The largest absolute Gasteiger partial charge is 0.481 e. The molecule has 0 unspecified atom stereocenters. The Bertz CT molecular complexity index is 1720. The molecule has 0 spiro atoms. The zero-order valence-corrected chi connectivity index (χ0v) is 25.5. The second-order valence-electron chi connectivity index (χ2n) is 10.9. The van der Waals surface area contributed by atoms with Crippen LogP contribution >= 0.6 is 11.6 Å². The number of pyridine rings is 1. The van der Waals surface area contributed by atoms with Crippen molar-refractivity contribution in [1.82, 2.24) is 20.1 Å². The summed E-state index contributed by atoms with van der Waals surface area (Å²) in [6.07, 6.45) is 3.60. The average Bonchev–Trinajstić information content (AvgIpc) is 3.00. The molecule has 2 aromatic heterocycles. The number of aliphatic hydroxyl groups excluding tert-OH is 1. The summed E-state index contributed by atoms with van der Waals surface area (Å²) in [7, 11) is 3.11. The molecule has 1 aliphatic rings. The van der Waals surface area contributed by atoms with Crippen LogP contribution in [0, 0.1) is 13.8 Å². The molecule has 2 atom stereocenters. The van der Waals surface area contributed by atoms with E-state index in [2.05, 4.69) is 15.7 Å². The molecule has 3 N–H and O–H groups in total. The smallest absolute Gasteiger partial charge is 0.279 e. The number of amides is 1. The molecule has 4 aromatic rings. The summed E-state index contributed by atoms with van der Waals surface area (Å²) in [6.45, 7) is 4.17. The molecule has 0 aliphatic heterocycles. The summed E-state index contributed by atoms with van der Waals surface area (Å²) in [5.74, 6) is -0.00906. The van der Waals surface area contributed by atoms with Gasteiger partial charge in [0.05, 0.1) is 29.6 Å². The van der Waals surface area contributed by atoms with Crippen molar-refractivity contribution in [2.24, 2.45) is 7.05 Å². The van der Waals surface area contributed by atoms with E-state index in [-0.39, 0.29) is 17.7 Å². The first kappa shape index (κ1) is 30.4. The number of nitrogens with zero attached hydrogens (tertiary/aromatic N) is 3. The third-order valence-corrected chi connectivity index (χ3v) is 8.40. The molecule has 10 heteroatoms. The average molecular weight is 602 g/mol. The zero-order chi connectivity index (χ0) is 30.7. The Labute approximate surface area is 255 Å². The van der Waals surface area contributed by atoms with Crippen LogP contribution in [0.25, 0.3) is 22.4 Å². The maximum atomic E-state index is 13.1. The van der Waals surface area contributed by atoms with E-state index in [1.807, 2.05) is 49.4 Å². The number of benzene rings is 2. The van der Waals surface area contributed by atoms with Crippen LogP contribution in [-0.4, -0.2) is 45.0 Å². The summed E-state index contributed by atoms with van der Waals surface area (Å²) in [4.78, 5) is 30.4. The Balaban J connectivity index is 1.41. The minimum atomic E-state index is -0.505. The Hall–Kier alpha value is -4.05. The number of rotatable bonds is 8. The van der Waals surface area contributed by atoms with E-state index >= 15 is 0 Å². The first-order chi connectivity index (χ1) is 20.7. The number of carbonyl (C=O) groups is 1. The quantitative estimate of drug-likeness (QED) is 0.246. The molecule has 2 aromatic carbocycles. The Kier molecular flexibility index (Phi) is 9.25. The van der Waals surface area contributed by atoms with E-state index in [1.165, 1.54) is 13.1 Å². The van der Waals surface area contributed by atoms with E-state index in [4.69, 9.17) is 21.3 Å². The van der Waals surface area contributed by atoms with Crippen LogP contribution in [0.15, 0.2) is 59.4 Å². The molecular formula is C33H36ClN5O4. The number of hydrogen-bond donors (Lipinski definition) is 3. The van der Waals surface area contributed by atoms with Gasteiger partial charge in [0.15, 0.2) is 0 Å². The van der Waals surface area contributed by atoms with Crippen molar-refractivity contribution in [3.63, 3.8) is 0 Å². The van der Waals surface area contributed by atoms with E-state index in [0.29, 0.717) is 34.5 Å². The lowest BCUT2D eigenvalue weighted by Gasteiger charge is -2.28. The normalized spacial score (nSPS) is 16.6. The number of aromatic nitrogens is 3. The number of halogens is 1. The van der Waals surface area contributed by atoms with Crippen molar-refractivity contribution in [3.8, 4) is 28.3 Å². The highest BCUT2D eigenvalue weighted by Gasteiger charge is 2.23. The SMILES string of the molecule is COc1nc(-c2cccc(-c3cccc(NC(=O)c4cc(C)nn(C)c4=O)c3C)c2Cl)ccc1CN[C@@H]1CCCC[C@@H]1O. The summed E-state index contributed by atoms with van der Waals surface area (Å²) < 4.78 is 6.79. The van der Waals surface area contributed by atoms with Gasteiger partial charge >= 0.3 is 0 Å². The highest BCUT2D eigenvalue weighted by Crippen LogP contribution is 2.39. The zero-order valence-electron chi connectivity index (χ0n) is 24.8. The molecule has 9 nitrogen and oxygen atoms in total. The second kappa shape index (κ2) is 13.1. The van der Waals surface area contributed by atoms with Crippen LogP contribution in [0.1, 0.15) is 52.9 Å². The monoisotopic (exact) mass is 601 g/mol. The summed E-state index contributed by atoms with van der Waals surface area (Å²) in [5, 5.41) is 21.2. The highest BCUT2D eigenvalue weighted by atomic mass is 35.5. The molecule has 1 fully saturated rings. The van der Waals surface area contributed by atoms with Crippen molar-refractivity contribution in [2.75, 3.05) is 12.4 Å². The highest BCUT2D eigenvalue weighted by molar-refractivity contribution is 6.36. The van der Waals surface area contributed by atoms with Crippen LogP contribution in [0.3, 0.4) is 0 Å². The van der Waals surface area contributed by atoms with Crippen LogP contribution < -0.4 is 20.9 Å². The van der Waals surface area contributed by atoms with Gasteiger partial charge in [-0.15, -0.1) is 0 Å². The summed E-state index contributed by atoms with van der Waals surface area (Å²) in [5.41, 5.74) is 5.41. The van der Waals surface area contributed by atoms with Crippen LogP contribution in [-0.2, 0) is 13.6 Å². The van der Waals surface area contributed by atoms with Gasteiger partial charge in [-0.25, -0.2) is 9.67 Å². The lowest BCUT2D eigenvalue weighted by molar-refractivity contribution is 0.0901. The molecule has 0 bridgehead atoms. The molecular weight excluding hydrogens is 566 g/mol. The maximum absolute atomic E-state index is 13.1. The van der Waals surface area contributed by atoms with E-state index in [1.54, 1.807) is 20.1 Å². The Morgan fingerprint density at radius 3 is 2.56 bits per heavy atom. The first-order valence-electron chi connectivity index (χ1n) is 14.4. The van der Waals surface area contributed by atoms with Gasteiger partial charge in [0.25, 0.3) is 11.5 Å². The Morgan fingerprint density at radius 1 is 1.07 bits per heavy atom. The predicted octanol–water partition coefficient (Wildman–Crippen LogP) is 5.43. The van der Waals surface area contributed by atoms with Gasteiger partial charge in [0.2, 0.25) is 5.88 Å². The number of ether oxygens (including phenoxy) is 1. The molecule has 43 heavy (non-hydrogen) atoms. The fourth-order valence-electron chi connectivity index (χ4n) is 5.63. The molecule has 1 aliphatic carbocycles. The van der Waals surface area contributed by atoms with Gasteiger partial charge in [-0.2, -0.15) is 5.10 Å². The van der Waals surface area contributed by atoms with E-state index < -0.39 is 11.5 Å². The van der Waals surface area contributed by atoms with Crippen LogP contribution in [0.5, 0.6) is 5.88 Å². The molecule has 224 valence electrons. The number of carbonyl (C=O) groups excluding carboxylic acids is 1. The standard InChI is InChI=1S/C33H36ClN5O4/c1-19-17-25(33(42)39(3)38-19)31(41)36-26-13-8-9-22(20(26)2)23-10-7-11-24(30(23)34)27-16-15-21(32(37-27)43-4)18-35-28-12-5-6-14-29(28)40/h7-11,13,15-17,28-29,35,40H,5-6,12,14,18H2,1-4H3,(H,36,41)/t28-,29+/m1/s1. The minimum Gasteiger partial charge on any atom is -0.481 e. The van der Waals surface area contributed by atoms with Crippen molar-refractivity contribution >= 4 is 23.2 Å². The molecule has 0 saturated heterocycles. The molecule has 1 amide bonds. The van der Waals surface area contributed by atoms with Crippen molar-refractivity contribution in [3.05, 3.63) is 92.4 Å². The van der Waals surface area contributed by atoms with Crippen molar-refractivity contribution in [1.29, 1.82) is 0 Å². The molecule has 5 rings (SSSR count). The third kappa shape index (κ3) is 6.49. The van der Waals surface area contributed by atoms with Gasteiger partial charge in [-0.1, -0.05) is 60.8 Å². The molecule has 0 radical (unpaired) electrons. The molecule has 1 saturated carbocycles. The lowest BCUT2D eigenvalue weighted by atomic mass is 9.92. The number of hydrogen-bond acceptors (Lipinski definition) is 7. The van der Waals surface area contributed by atoms with E-state index in [0.717, 1.165) is 58.2 Å². The topological polar surface area (TPSA) is 118 Å². The number of anilines is 1. The van der Waals surface area contributed by atoms with Gasteiger partial charge in [-0.3, -0.25) is 9.59 Å². The number of aliphatic hydroxyl groups is 1. The van der Waals surface area contributed by atoms with Crippen LogP contribution in [0.2, 0.25) is 5.02 Å². The maximum Gasteiger partial charge on any atom is 0.279 e. The first-order valence-corrected chi connectivity index (χ1v) is 14.8. The Morgan fingerprint density at radius 2 is 1.79 bits per heavy atom. The predicted molar refractivity (Wildman–Crippen MR) is 169 cm³/mol. The van der Waals surface area contributed by atoms with Gasteiger partial charge in [0, 0.05) is 42.0 Å². The second-order valence-corrected chi connectivity index (χ2v) is 11.3.